The second-order valence-electron chi connectivity index (χ2n) is 8.38. The number of carbonyl (C=O) groups is 2. The molecule has 5 nitrogen and oxygen atoms in total. The number of carbonyl (C=O) groups excluding carboxylic acids is 2. The number of fused-ring (bicyclic) bond motifs is 1. The minimum atomic E-state index is -1.19. The molecule has 0 aliphatic heterocycles. The van der Waals surface area contributed by atoms with Crippen molar-refractivity contribution >= 4 is 28.3 Å². The maximum Gasteiger partial charge on any atom is 0.224 e. The average molecular weight is 495 g/mol. The highest BCUT2D eigenvalue weighted by molar-refractivity contribution is 5.98. The molecule has 1 aromatic heterocycles. The number of hydrogen-bond donors (Lipinski definition) is 2. The first-order valence-electron chi connectivity index (χ1n) is 11.0. The monoisotopic (exact) mass is 495 g/mol. The second-order valence-corrected chi connectivity index (χ2v) is 8.38. The summed E-state index contributed by atoms with van der Waals surface area (Å²) in [6.07, 6.45) is 1.15. The molecule has 0 spiro atoms. The van der Waals surface area contributed by atoms with Gasteiger partial charge in [-0.15, -0.1) is 0 Å². The summed E-state index contributed by atoms with van der Waals surface area (Å²) in [4.78, 5) is 29.9. The van der Waals surface area contributed by atoms with E-state index in [9.17, 15) is 27.2 Å². The third-order valence-electron chi connectivity index (χ3n) is 5.84. The molecule has 1 amide bonds. The van der Waals surface area contributed by atoms with E-state index in [4.69, 9.17) is 5.73 Å². The number of rotatable bonds is 8. The Hall–Kier alpha value is -4.27. The van der Waals surface area contributed by atoms with Crippen molar-refractivity contribution in [1.29, 1.82) is 0 Å². The van der Waals surface area contributed by atoms with Crippen LogP contribution in [0.1, 0.15) is 27.9 Å². The zero-order chi connectivity index (χ0) is 25.8. The predicted molar refractivity (Wildman–Crippen MR) is 127 cm³/mol. The van der Waals surface area contributed by atoms with Gasteiger partial charge in [-0.3, -0.25) is 9.59 Å². The van der Waals surface area contributed by atoms with Gasteiger partial charge in [-0.05, 0) is 65.4 Å². The Balaban J connectivity index is 1.53. The van der Waals surface area contributed by atoms with Crippen molar-refractivity contribution in [2.24, 2.45) is 5.92 Å². The first-order chi connectivity index (χ1) is 17.2. The zero-order valence-corrected chi connectivity index (χ0v) is 18.9. The topological polar surface area (TPSA) is 85.1 Å². The Labute approximate surface area is 204 Å². The van der Waals surface area contributed by atoms with Crippen molar-refractivity contribution in [3.63, 3.8) is 0 Å². The van der Waals surface area contributed by atoms with Gasteiger partial charge in [0.2, 0.25) is 5.91 Å². The highest BCUT2D eigenvalue weighted by atomic mass is 19.2. The minimum Gasteiger partial charge on any atom is -0.383 e. The highest BCUT2D eigenvalue weighted by Gasteiger charge is 2.24. The molecule has 0 aliphatic rings. The van der Waals surface area contributed by atoms with E-state index in [0.29, 0.717) is 11.4 Å². The molecule has 0 saturated heterocycles. The van der Waals surface area contributed by atoms with Crippen molar-refractivity contribution < 1.29 is 27.2 Å². The number of aromatic nitrogens is 1. The summed E-state index contributed by atoms with van der Waals surface area (Å²) in [6, 6.07) is 13.1. The van der Waals surface area contributed by atoms with Crippen LogP contribution in [0.3, 0.4) is 0 Å². The minimum absolute atomic E-state index is 0.0711. The maximum absolute atomic E-state index is 13.7. The lowest BCUT2D eigenvalue weighted by Gasteiger charge is -2.17. The lowest BCUT2D eigenvalue weighted by Crippen LogP contribution is -2.33. The number of benzene rings is 3. The standard InChI is InChI=1S/C27H21F4N3O2/c28-21-5-2-15(11-23(21)30)9-19(13-25(35)18-3-6-22(29)24(31)12-18)27(36)34-14-16-1-4-20-17(10-16)7-8-33-26(20)32/h1-8,10-12,19H,9,13-14H2,(H2,32,33)(H,34,36)/t19-/m1/s1. The summed E-state index contributed by atoms with van der Waals surface area (Å²) in [5.41, 5.74) is 6.84. The molecule has 0 saturated carbocycles. The van der Waals surface area contributed by atoms with Gasteiger partial charge in [-0.1, -0.05) is 18.2 Å². The lowest BCUT2D eigenvalue weighted by atomic mass is 9.91. The van der Waals surface area contributed by atoms with E-state index in [2.05, 4.69) is 10.3 Å². The quantitative estimate of drug-likeness (QED) is 0.263. The molecule has 1 atom stereocenters. The Kier molecular flexibility index (Phi) is 7.28. The molecule has 36 heavy (non-hydrogen) atoms. The molecule has 4 rings (SSSR count). The van der Waals surface area contributed by atoms with Gasteiger partial charge in [0.1, 0.15) is 5.82 Å². The number of nitrogens with zero attached hydrogens (tertiary/aromatic N) is 1. The van der Waals surface area contributed by atoms with Gasteiger partial charge >= 0.3 is 0 Å². The number of anilines is 1. The number of hydrogen-bond acceptors (Lipinski definition) is 4. The first-order valence-corrected chi connectivity index (χ1v) is 11.0. The van der Waals surface area contributed by atoms with Gasteiger partial charge in [-0.25, -0.2) is 22.5 Å². The fourth-order valence-electron chi connectivity index (χ4n) is 3.91. The Morgan fingerprint density at radius 1 is 0.833 bits per heavy atom. The molecular weight excluding hydrogens is 474 g/mol. The molecule has 3 aromatic carbocycles. The molecule has 1 heterocycles. The van der Waals surface area contributed by atoms with Crippen LogP contribution < -0.4 is 11.1 Å². The molecule has 0 radical (unpaired) electrons. The van der Waals surface area contributed by atoms with Gasteiger partial charge in [0, 0.05) is 36.0 Å². The molecular formula is C27H21F4N3O2. The van der Waals surface area contributed by atoms with Gasteiger partial charge in [0.15, 0.2) is 29.1 Å². The van der Waals surface area contributed by atoms with Gasteiger partial charge < -0.3 is 11.1 Å². The van der Waals surface area contributed by atoms with E-state index in [1.54, 1.807) is 24.4 Å². The largest absolute Gasteiger partial charge is 0.383 e. The third kappa shape index (κ3) is 5.68. The van der Waals surface area contributed by atoms with Crippen molar-refractivity contribution in [2.75, 3.05) is 5.73 Å². The fourth-order valence-corrected chi connectivity index (χ4v) is 3.91. The second kappa shape index (κ2) is 10.6. The van der Waals surface area contributed by atoms with Gasteiger partial charge in [-0.2, -0.15) is 0 Å². The van der Waals surface area contributed by atoms with Crippen molar-refractivity contribution in [3.05, 3.63) is 107 Å². The normalized spacial score (nSPS) is 11.9. The third-order valence-corrected chi connectivity index (χ3v) is 5.84. The molecule has 0 unspecified atom stereocenters. The molecule has 0 bridgehead atoms. The Morgan fingerprint density at radius 2 is 1.53 bits per heavy atom. The summed E-state index contributed by atoms with van der Waals surface area (Å²) in [7, 11) is 0. The Bertz CT molecular complexity index is 1460. The van der Waals surface area contributed by atoms with Crippen LogP contribution in [0.15, 0.2) is 66.9 Å². The number of nitrogens with one attached hydrogen (secondary N) is 1. The van der Waals surface area contributed by atoms with E-state index in [0.717, 1.165) is 46.7 Å². The average Bonchev–Trinajstić information content (AvgIpc) is 2.86. The molecule has 0 fully saturated rings. The number of pyridine rings is 1. The van der Waals surface area contributed by atoms with Crippen molar-refractivity contribution in [1.82, 2.24) is 10.3 Å². The van der Waals surface area contributed by atoms with Crippen LogP contribution in [0.4, 0.5) is 23.4 Å². The SMILES string of the molecule is Nc1nccc2cc(CNC(=O)[C@@H](CC(=O)c3ccc(F)c(F)c3)Cc3ccc(F)c(F)c3)ccc12. The molecule has 3 N–H and O–H groups in total. The van der Waals surface area contributed by atoms with E-state index < -0.39 is 40.9 Å². The van der Waals surface area contributed by atoms with Crippen LogP contribution in [0.25, 0.3) is 10.8 Å². The maximum atomic E-state index is 13.7. The van der Waals surface area contributed by atoms with Crippen LogP contribution in [-0.2, 0) is 17.8 Å². The van der Waals surface area contributed by atoms with Crippen LogP contribution in [0.2, 0.25) is 0 Å². The summed E-state index contributed by atoms with van der Waals surface area (Å²) in [6.45, 7) is 0.130. The number of nitrogens with two attached hydrogens (primary N) is 1. The fraction of sp³-hybridized carbons (Fsp3) is 0.148. The molecule has 0 aliphatic carbocycles. The van der Waals surface area contributed by atoms with Crippen LogP contribution in [-0.4, -0.2) is 16.7 Å². The molecule has 4 aromatic rings. The van der Waals surface area contributed by atoms with Crippen LogP contribution in [0, 0.1) is 29.2 Å². The summed E-state index contributed by atoms with van der Waals surface area (Å²) < 4.78 is 54.0. The highest BCUT2D eigenvalue weighted by Crippen LogP contribution is 2.22. The first kappa shape index (κ1) is 24.8. The number of amides is 1. The Morgan fingerprint density at radius 3 is 2.25 bits per heavy atom. The van der Waals surface area contributed by atoms with E-state index in [-0.39, 0.29) is 24.9 Å². The zero-order valence-electron chi connectivity index (χ0n) is 18.9. The van der Waals surface area contributed by atoms with Gasteiger partial charge in [0.05, 0.1) is 0 Å². The number of Topliss-reactive ketones (excluding diaryl/α,β-unsaturated/α-hetero) is 1. The number of halogens is 4. The smallest absolute Gasteiger partial charge is 0.224 e. The number of ketones is 1. The van der Waals surface area contributed by atoms with Crippen LogP contribution in [0.5, 0.6) is 0 Å². The predicted octanol–water partition coefficient (Wildman–Crippen LogP) is 5.12. The van der Waals surface area contributed by atoms with E-state index in [1.807, 2.05) is 6.07 Å². The molecule has 184 valence electrons. The van der Waals surface area contributed by atoms with Crippen LogP contribution >= 0.6 is 0 Å². The van der Waals surface area contributed by atoms with E-state index >= 15 is 0 Å². The summed E-state index contributed by atoms with van der Waals surface area (Å²) >= 11 is 0. The number of nitrogen functional groups attached to an aromatic ring is 1. The van der Waals surface area contributed by atoms with Crippen molar-refractivity contribution in [2.45, 2.75) is 19.4 Å². The van der Waals surface area contributed by atoms with Crippen molar-refractivity contribution in [3.8, 4) is 0 Å². The summed E-state index contributed by atoms with van der Waals surface area (Å²) in [5, 5.41) is 4.36. The van der Waals surface area contributed by atoms with E-state index in [1.165, 1.54) is 6.07 Å². The molecule has 9 heteroatoms. The van der Waals surface area contributed by atoms with Gasteiger partial charge in [0.25, 0.3) is 0 Å². The lowest BCUT2D eigenvalue weighted by molar-refractivity contribution is -0.125. The summed E-state index contributed by atoms with van der Waals surface area (Å²) in [5.74, 6) is -6.10.